The molecule has 0 bridgehead atoms. The summed E-state index contributed by atoms with van der Waals surface area (Å²) in [6, 6.07) is 2.85. The average molecular weight is 681 g/mol. The van der Waals surface area contributed by atoms with Crippen molar-refractivity contribution in [3.8, 4) is 23.3 Å². The minimum absolute atomic E-state index is 0.00435. The lowest BCUT2D eigenvalue weighted by Gasteiger charge is -2.47. The number of pyridine rings is 1. The van der Waals surface area contributed by atoms with E-state index in [0.717, 1.165) is 56.5 Å². The van der Waals surface area contributed by atoms with E-state index in [1.54, 1.807) is 0 Å². The second-order valence-electron chi connectivity index (χ2n) is 13.9. The van der Waals surface area contributed by atoms with Crippen LogP contribution in [0, 0.1) is 34.2 Å². The molecular weight excluding hydrogens is 641 g/mol. The number of morpholine rings is 1. The smallest absolute Gasteiger partial charge is 0.319 e. The molecule has 0 amide bonds. The number of benzene rings is 1. The number of nitrogens with two attached hydrogens (primary N) is 1. The summed E-state index contributed by atoms with van der Waals surface area (Å²) in [5.41, 5.74) is 4.81. The number of aromatic nitrogens is 3. The van der Waals surface area contributed by atoms with Gasteiger partial charge in [0.05, 0.1) is 35.0 Å². The fraction of sp³-hybridized carbons (Fsp3) is 0.529. The molecule has 2 aliphatic carbocycles. The van der Waals surface area contributed by atoms with Crippen molar-refractivity contribution in [2.45, 2.75) is 63.6 Å². The van der Waals surface area contributed by atoms with Crippen molar-refractivity contribution in [1.82, 2.24) is 24.8 Å². The number of nitriles is 1. The SMILES string of the molecule is C[C@@H]1CN(CC2(COc3nc(NCC4(N(C)C)CCC4)c4cnc(-c5c(F)cc(F)c6sc(N)c(C#N)c56)c(F)c4n3)CC2)[C@@H](C)CO1. The van der Waals surface area contributed by atoms with E-state index in [9.17, 15) is 9.65 Å². The van der Waals surface area contributed by atoms with Crippen LogP contribution in [0.3, 0.4) is 0 Å². The molecule has 3 aliphatic rings. The maximum atomic E-state index is 16.7. The first kappa shape index (κ1) is 32.8. The minimum atomic E-state index is -1.07. The number of anilines is 2. The average Bonchev–Trinajstić information content (AvgIpc) is 3.71. The van der Waals surface area contributed by atoms with Gasteiger partial charge in [-0.15, -0.1) is 11.3 Å². The molecule has 10 nitrogen and oxygen atoms in total. The number of ether oxygens (including phenoxy) is 2. The van der Waals surface area contributed by atoms with E-state index in [-0.39, 0.29) is 60.2 Å². The molecule has 4 aromatic rings. The Labute approximate surface area is 281 Å². The quantitative estimate of drug-likeness (QED) is 0.208. The number of thiophene rings is 1. The summed E-state index contributed by atoms with van der Waals surface area (Å²) in [5, 5.41) is 13.4. The van der Waals surface area contributed by atoms with Crippen LogP contribution in [0.4, 0.5) is 24.0 Å². The number of nitrogen functional groups attached to an aromatic ring is 1. The van der Waals surface area contributed by atoms with Crippen LogP contribution < -0.4 is 15.8 Å². The number of nitrogens with one attached hydrogen (secondary N) is 1. The monoisotopic (exact) mass is 680 g/mol. The van der Waals surface area contributed by atoms with E-state index in [4.69, 9.17) is 20.2 Å². The highest BCUT2D eigenvalue weighted by Gasteiger charge is 2.46. The van der Waals surface area contributed by atoms with Gasteiger partial charge < -0.3 is 25.4 Å². The Bertz CT molecular complexity index is 1940. The lowest BCUT2D eigenvalue weighted by Crippen LogP contribution is -2.54. The molecule has 7 rings (SSSR count). The number of rotatable bonds is 10. The van der Waals surface area contributed by atoms with E-state index in [1.807, 2.05) is 20.2 Å². The molecule has 4 heterocycles. The maximum absolute atomic E-state index is 16.7. The first-order valence-corrected chi connectivity index (χ1v) is 17.1. The highest BCUT2D eigenvalue weighted by Crippen LogP contribution is 2.48. The van der Waals surface area contributed by atoms with Crippen LogP contribution in [0.2, 0.25) is 0 Å². The van der Waals surface area contributed by atoms with Crippen molar-refractivity contribution >= 4 is 43.1 Å². The van der Waals surface area contributed by atoms with Gasteiger partial charge >= 0.3 is 6.01 Å². The third-order valence-electron chi connectivity index (χ3n) is 10.5. The lowest BCUT2D eigenvalue weighted by molar-refractivity contribution is -0.0580. The fourth-order valence-corrected chi connectivity index (χ4v) is 7.89. The maximum Gasteiger partial charge on any atom is 0.319 e. The summed E-state index contributed by atoms with van der Waals surface area (Å²) in [7, 11) is 4.08. The Hall–Kier alpha value is -3.77. The van der Waals surface area contributed by atoms with Gasteiger partial charge in [0, 0.05) is 59.8 Å². The number of halogens is 3. The zero-order valence-corrected chi connectivity index (χ0v) is 28.3. The van der Waals surface area contributed by atoms with E-state index >= 15 is 8.78 Å². The van der Waals surface area contributed by atoms with Gasteiger partial charge in [-0.05, 0) is 60.0 Å². The van der Waals surface area contributed by atoms with Gasteiger partial charge in [0.1, 0.15) is 39.7 Å². The van der Waals surface area contributed by atoms with Crippen LogP contribution in [0.1, 0.15) is 51.5 Å². The zero-order chi connectivity index (χ0) is 34.0. The number of hydrogen-bond donors (Lipinski definition) is 2. The van der Waals surface area contributed by atoms with Crippen molar-refractivity contribution in [2.75, 3.05) is 58.0 Å². The standard InChI is InChI=1S/C34H39F3N8O2S/c1-18-14-46-19(2)13-45(18)16-33(8-9-33)17-47-32-42-27-21(31(43-32)41-15-34(44(3)4)6-5-7-34)12-40-28(26(27)37)25-22(35)10-23(36)29-24(25)20(11-38)30(39)48-29/h10,12,18-19H,5-9,13-17,39H2,1-4H3,(H,41,42,43)/t18-,19+/m0/s1. The molecule has 0 unspecified atom stereocenters. The Balaban J connectivity index is 1.28. The fourth-order valence-electron chi connectivity index (χ4n) is 6.96. The van der Waals surface area contributed by atoms with Crippen molar-refractivity contribution in [3.63, 3.8) is 0 Å². The van der Waals surface area contributed by atoms with Crippen LogP contribution in [-0.4, -0.2) is 89.4 Å². The number of fused-ring (bicyclic) bond motifs is 2. The number of nitrogens with zero attached hydrogens (tertiary/aromatic N) is 6. The number of likely N-dealkylation sites (N-methyl/N-ethyl adjacent to an activating group) is 1. The normalized spacial score (nSPS) is 21.7. The van der Waals surface area contributed by atoms with Gasteiger partial charge in [-0.2, -0.15) is 15.2 Å². The van der Waals surface area contributed by atoms with E-state index < -0.39 is 23.1 Å². The number of hydrogen-bond acceptors (Lipinski definition) is 11. The molecule has 0 radical (unpaired) electrons. The molecule has 1 aromatic carbocycles. The predicted molar refractivity (Wildman–Crippen MR) is 180 cm³/mol. The summed E-state index contributed by atoms with van der Waals surface area (Å²) < 4.78 is 59.0. The summed E-state index contributed by atoms with van der Waals surface area (Å²) in [5.74, 6) is -2.55. The second kappa shape index (κ2) is 12.3. The van der Waals surface area contributed by atoms with Crippen LogP contribution >= 0.6 is 11.3 Å². The molecule has 3 aromatic heterocycles. The Morgan fingerprint density at radius 1 is 1.19 bits per heavy atom. The minimum Gasteiger partial charge on any atom is -0.463 e. The van der Waals surface area contributed by atoms with Crippen molar-refractivity contribution < 1.29 is 22.6 Å². The highest BCUT2D eigenvalue weighted by atomic mass is 32.1. The Morgan fingerprint density at radius 3 is 2.62 bits per heavy atom. The summed E-state index contributed by atoms with van der Waals surface area (Å²) in [4.78, 5) is 18.1. The van der Waals surface area contributed by atoms with Crippen LogP contribution in [0.15, 0.2) is 12.3 Å². The molecule has 14 heteroatoms. The summed E-state index contributed by atoms with van der Waals surface area (Å²) in [6.07, 6.45) is 6.62. The molecule has 0 spiro atoms. The molecule has 254 valence electrons. The highest BCUT2D eigenvalue weighted by molar-refractivity contribution is 7.23. The van der Waals surface area contributed by atoms with Gasteiger partial charge in [0.2, 0.25) is 0 Å². The zero-order valence-electron chi connectivity index (χ0n) is 27.5. The van der Waals surface area contributed by atoms with Gasteiger partial charge in [-0.25, -0.2) is 13.2 Å². The second-order valence-corrected chi connectivity index (χ2v) is 15.0. The van der Waals surface area contributed by atoms with Crippen molar-refractivity contribution in [1.29, 1.82) is 5.26 Å². The molecular formula is C34H39F3N8O2S. The summed E-state index contributed by atoms with van der Waals surface area (Å²) in [6.45, 7) is 7.51. The molecule has 3 fully saturated rings. The van der Waals surface area contributed by atoms with E-state index in [0.29, 0.717) is 37.7 Å². The Kier molecular flexibility index (Phi) is 8.38. The van der Waals surface area contributed by atoms with Gasteiger partial charge in [-0.3, -0.25) is 9.88 Å². The van der Waals surface area contributed by atoms with Crippen LogP contribution in [0.25, 0.3) is 32.2 Å². The van der Waals surface area contributed by atoms with Crippen molar-refractivity contribution in [3.05, 3.63) is 35.3 Å². The molecule has 1 saturated heterocycles. The van der Waals surface area contributed by atoms with Gasteiger partial charge in [-0.1, -0.05) is 0 Å². The topological polar surface area (TPSA) is 125 Å². The Morgan fingerprint density at radius 2 is 1.96 bits per heavy atom. The van der Waals surface area contributed by atoms with E-state index in [1.165, 1.54) is 6.20 Å². The van der Waals surface area contributed by atoms with Crippen LogP contribution in [0.5, 0.6) is 6.01 Å². The molecule has 3 N–H and O–H groups in total. The first-order valence-electron chi connectivity index (χ1n) is 16.3. The largest absolute Gasteiger partial charge is 0.463 e. The van der Waals surface area contributed by atoms with Gasteiger partial charge in [0.15, 0.2) is 5.82 Å². The lowest BCUT2D eigenvalue weighted by atomic mass is 9.75. The first-order chi connectivity index (χ1) is 22.9. The third kappa shape index (κ3) is 5.70. The predicted octanol–water partition coefficient (Wildman–Crippen LogP) is 5.94. The molecule has 2 saturated carbocycles. The molecule has 48 heavy (non-hydrogen) atoms. The third-order valence-corrected chi connectivity index (χ3v) is 11.5. The van der Waals surface area contributed by atoms with Gasteiger partial charge in [0.25, 0.3) is 0 Å². The molecule has 1 aliphatic heterocycles. The summed E-state index contributed by atoms with van der Waals surface area (Å²) >= 11 is 0.801. The molecule has 2 atom stereocenters. The van der Waals surface area contributed by atoms with Crippen LogP contribution in [-0.2, 0) is 4.74 Å². The van der Waals surface area contributed by atoms with Crippen molar-refractivity contribution in [2.24, 2.45) is 5.41 Å². The van der Waals surface area contributed by atoms with E-state index in [2.05, 4.69) is 38.9 Å².